The second-order valence-corrected chi connectivity index (χ2v) is 1.99. The molecule has 2 radical (unpaired) electrons. The molecule has 0 amide bonds. The van der Waals surface area contributed by atoms with Crippen LogP contribution in [0.4, 0.5) is 0 Å². The Labute approximate surface area is 74.0 Å². The van der Waals surface area contributed by atoms with Gasteiger partial charge in [-0.1, -0.05) is 0 Å². The molecule has 1 saturated heterocycles. The van der Waals surface area contributed by atoms with Crippen LogP contribution in [0.15, 0.2) is 0 Å². The van der Waals surface area contributed by atoms with Crippen LogP contribution in [0.5, 0.6) is 0 Å². The molecule has 1 heterocycles. The van der Waals surface area contributed by atoms with Crippen LogP contribution < -0.4 is 5.32 Å². The number of carboxylic acid groups (broad SMARTS) is 1. The molecule has 52 valence electrons. The molecule has 0 aromatic carbocycles. The molecule has 1 aliphatic rings. The van der Waals surface area contributed by atoms with Crippen molar-refractivity contribution in [3.8, 4) is 0 Å². The summed E-state index contributed by atoms with van der Waals surface area (Å²) in [6.45, 7) is 0.858. The van der Waals surface area contributed by atoms with Crippen molar-refractivity contribution >= 4 is 33.3 Å². The molecule has 2 N–H and O–H groups in total. The fraction of sp³-hybridized carbons (Fsp3) is 0.800. The van der Waals surface area contributed by atoms with Crippen LogP contribution in [0, 0.1) is 0 Å². The Balaban J connectivity index is 0.000000640. The molecule has 0 aromatic rings. The van der Waals surface area contributed by atoms with Gasteiger partial charge in [-0.2, -0.15) is 0 Å². The van der Waals surface area contributed by atoms with Crippen LogP contribution in [0.2, 0.25) is 0 Å². The second-order valence-electron chi connectivity index (χ2n) is 1.99. The van der Waals surface area contributed by atoms with Crippen molar-refractivity contribution in [1.82, 2.24) is 5.32 Å². The molecule has 0 aliphatic carbocycles. The molecule has 9 heavy (non-hydrogen) atoms. The Morgan fingerprint density at radius 2 is 2.33 bits per heavy atom. The van der Waals surface area contributed by atoms with E-state index in [1.807, 2.05) is 0 Å². The average Bonchev–Trinajstić information content (AvgIpc) is 2.12. The van der Waals surface area contributed by atoms with Gasteiger partial charge in [0, 0.05) is 0 Å². The van der Waals surface area contributed by atoms with E-state index in [-0.39, 0.29) is 33.3 Å². The Morgan fingerprint density at radius 3 is 2.56 bits per heavy atom. The molecule has 0 spiro atoms. The molecule has 3 nitrogen and oxygen atoms in total. The van der Waals surface area contributed by atoms with Gasteiger partial charge in [0.05, 0.1) is 0 Å². The normalized spacial score (nSPS) is 25.1. The predicted octanol–water partition coefficient (Wildman–Crippen LogP) is -1.09. The molecule has 0 bridgehead atoms. The van der Waals surface area contributed by atoms with Gasteiger partial charge in [0.1, 0.15) is 6.04 Å². The van der Waals surface area contributed by atoms with E-state index in [1.54, 1.807) is 0 Å². The van der Waals surface area contributed by atoms with Gasteiger partial charge in [-0.3, -0.25) is 4.79 Å². The maximum atomic E-state index is 10.1. The first-order valence-corrected chi connectivity index (χ1v) is 2.77. The van der Waals surface area contributed by atoms with E-state index < -0.39 is 5.97 Å². The van der Waals surface area contributed by atoms with Crippen molar-refractivity contribution in [2.75, 3.05) is 6.54 Å². The summed E-state index contributed by atoms with van der Waals surface area (Å²) in [5.41, 5.74) is 0. The number of hydrogen-bond donors (Lipinski definition) is 2. The molecular formula is C5H11NO2Pb. The molecular weight excluding hydrogens is 313 g/mol. The van der Waals surface area contributed by atoms with Crippen LogP contribution in [-0.4, -0.2) is 51.0 Å². The first kappa shape index (κ1) is 9.35. The summed E-state index contributed by atoms with van der Waals surface area (Å²) in [7, 11) is 0. The zero-order chi connectivity index (χ0) is 5.98. The van der Waals surface area contributed by atoms with E-state index in [1.165, 1.54) is 0 Å². The fourth-order valence-electron chi connectivity index (χ4n) is 0.895. The molecule has 1 atom stereocenters. The van der Waals surface area contributed by atoms with Gasteiger partial charge in [0.15, 0.2) is 0 Å². The number of carboxylic acids is 1. The molecule has 0 saturated carbocycles. The van der Waals surface area contributed by atoms with Crippen molar-refractivity contribution in [3.05, 3.63) is 0 Å². The van der Waals surface area contributed by atoms with Crippen LogP contribution in [0.1, 0.15) is 12.8 Å². The quantitative estimate of drug-likeness (QED) is 0.603. The molecule has 0 aromatic heterocycles. The third-order valence-corrected chi connectivity index (χ3v) is 1.36. The number of nitrogens with one attached hydrogen (secondary N) is 1. The van der Waals surface area contributed by atoms with Crippen LogP contribution in [0.25, 0.3) is 0 Å². The zero-order valence-electron chi connectivity index (χ0n) is 5.26. The minimum atomic E-state index is -0.720. The molecule has 1 aliphatic heterocycles. The Bertz CT molecular complexity index is 101. The molecule has 1 fully saturated rings. The topological polar surface area (TPSA) is 49.3 Å². The predicted molar refractivity (Wildman–Crippen MR) is 37.2 cm³/mol. The summed E-state index contributed by atoms with van der Waals surface area (Å²) in [5, 5.41) is 11.2. The van der Waals surface area contributed by atoms with Crippen LogP contribution >= 0.6 is 0 Å². The fourth-order valence-corrected chi connectivity index (χ4v) is 0.895. The van der Waals surface area contributed by atoms with Gasteiger partial charge in [-0.05, 0) is 19.4 Å². The van der Waals surface area contributed by atoms with E-state index in [4.69, 9.17) is 5.11 Å². The second kappa shape index (κ2) is 4.21. The van der Waals surface area contributed by atoms with E-state index in [0.29, 0.717) is 0 Å². The Morgan fingerprint density at radius 1 is 1.67 bits per heavy atom. The summed E-state index contributed by atoms with van der Waals surface area (Å²) in [6, 6.07) is -0.269. The maximum absolute atomic E-state index is 10.1. The van der Waals surface area contributed by atoms with Crippen molar-refractivity contribution in [2.24, 2.45) is 0 Å². The van der Waals surface area contributed by atoms with Gasteiger partial charge in [-0.15, -0.1) is 0 Å². The SMILES string of the molecule is O=C(O)[C@@H]1CCCN1.[PbH2]. The number of hydrogen-bond acceptors (Lipinski definition) is 2. The van der Waals surface area contributed by atoms with E-state index >= 15 is 0 Å². The summed E-state index contributed by atoms with van der Waals surface area (Å²) < 4.78 is 0. The van der Waals surface area contributed by atoms with Gasteiger partial charge in [0.25, 0.3) is 0 Å². The van der Waals surface area contributed by atoms with E-state index in [2.05, 4.69) is 5.32 Å². The third kappa shape index (κ3) is 2.62. The summed E-state index contributed by atoms with van der Waals surface area (Å²) >= 11 is 0. The van der Waals surface area contributed by atoms with Crippen molar-refractivity contribution in [3.63, 3.8) is 0 Å². The van der Waals surface area contributed by atoms with Gasteiger partial charge in [0.2, 0.25) is 0 Å². The van der Waals surface area contributed by atoms with Crippen molar-refractivity contribution in [1.29, 1.82) is 0 Å². The molecule has 4 heteroatoms. The Kier molecular flexibility index (Phi) is 4.38. The zero-order valence-corrected chi connectivity index (χ0v) is 10.8. The van der Waals surface area contributed by atoms with E-state index in [9.17, 15) is 4.79 Å². The number of aliphatic carboxylic acids is 1. The molecule has 0 unspecified atom stereocenters. The summed E-state index contributed by atoms with van der Waals surface area (Å²) in [5.74, 6) is -0.720. The standard InChI is InChI=1S/C5H9NO2.Pb.2H/c7-5(8)4-2-1-3-6-4;;;/h4,6H,1-3H2,(H,7,8);;;/t4-;;;/m0.../s1. The van der Waals surface area contributed by atoms with Gasteiger partial charge < -0.3 is 10.4 Å². The van der Waals surface area contributed by atoms with Gasteiger partial charge in [-0.25, -0.2) is 0 Å². The van der Waals surface area contributed by atoms with Crippen molar-refractivity contribution < 1.29 is 9.90 Å². The summed E-state index contributed by atoms with van der Waals surface area (Å²) in [6.07, 6.45) is 1.78. The van der Waals surface area contributed by atoms with Crippen LogP contribution in [0.3, 0.4) is 0 Å². The van der Waals surface area contributed by atoms with Crippen molar-refractivity contribution in [2.45, 2.75) is 18.9 Å². The first-order valence-electron chi connectivity index (χ1n) is 2.77. The number of rotatable bonds is 1. The van der Waals surface area contributed by atoms with Crippen LogP contribution in [-0.2, 0) is 4.79 Å². The molecule has 1 rings (SSSR count). The Hall–Kier alpha value is 0.352. The minimum absolute atomic E-state index is 0. The third-order valence-electron chi connectivity index (χ3n) is 1.36. The summed E-state index contributed by atoms with van der Waals surface area (Å²) in [4.78, 5) is 10.1. The number of carbonyl (C=O) groups is 1. The van der Waals surface area contributed by atoms with E-state index in [0.717, 1.165) is 19.4 Å². The average molecular weight is 324 g/mol. The monoisotopic (exact) mass is 325 g/mol. The first-order chi connectivity index (χ1) is 3.80. The van der Waals surface area contributed by atoms with Gasteiger partial charge >= 0.3 is 33.3 Å².